The Kier molecular flexibility index (Phi) is 17.6. The molecule has 0 heterocycles. The van der Waals surface area contributed by atoms with Gasteiger partial charge in [0.25, 0.3) is 3.79 Å². The molecule has 122 valence electrons. The molecule has 0 aliphatic heterocycles. The third kappa shape index (κ3) is 17.2. The van der Waals surface area contributed by atoms with Gasteiger partial charge in [-0.15, -0.1) is 0 Å². The van der Waals surface area contributed by atoms with Crippen molar-refractivity contribution >= 4 is 60.5 Å². The Bertz CT molecular complexity index is 214. The molecule has 0 unspecified atom stereocenters. The van der Waals surface area contributed by atoms with E-state index in [1.54, 1.807) is 13.3 Å². The first-order valence-electron chi connectivity index (χ1n) is 7.59. The van der Waals surface area contributed by atoms with Gasteiger partial charge in [-0.05, 0) is 0 Å². The molecule has 1 N–H and O–H groups in total. The van der Waals surface area contributed by atoms with E-state index in [1.807, 2.05) is 0 Å². The largest absolute Gasteiger partial charge is 0.478 e. The van der Waals surface area contributed by atoms with Gasteiger partial charge in [-0.25, -0.2) is 4.79 Å². The van der Waals surface area contributed by atoms with Crippen LogP contribution in [-0.2, 0) is 4.79 Å². The fraction of sp³-hybridized carbons (Fsp3) is 0.929. The Morgan fingerprint density at radius 2 is 1.15 bits per heavy atom. The van der Waals surface area contributed by atoms with Crippen LogP contribution in [0.4, 0.5) is 0 Å². The van der Waals surface area contributed by atoms with Crippen LogP contribution in [0.1, 0.15) is 59.3 Å². The maximum absolute atomic E-state index is 9.62. The Hall–Kier alpha value is 1.14. The first-order chi connectivity index (χ1) is 9.29. The number of carbonyl (C=O) groups is 1. The van der Waals surface area contributed by atoms with E-state index in [9.17, 15) is 4.79 Å². The number of rotatable bonds is 9. The summed E-state index contributed by atoms with van der Waals surface area (Å²) < 4.78 is 2.91. The van der Waals surface area contributed by atoms with Crippen molar-refractivity contribution in [2.45, 2.75) is 76.4 Å². The summed E-state index contributed by atoms with van der Waals surface area (Å²) in [6, 6.07) is 0. The topological polar surface area (TPSA) is 37.3 Å². The number of hydrogen-bond acceptors (Lipinski definition) is 1. The van der Waals surface area contributed by atoms with Gasteiger partial charge in [0.1, 0.15) is 0 Å². The van der Waals surface area contributed by atoms with E-state index in [1.165, 1.54) is 38.5 Å². The summed E-state index contributed by atoms with van der Waals surface area (Å²) in [5.41, 5.74) is 0. The van der Waals surface area contributed by atoms with E-state index < -0.39 is 29.5 Å². The molecule has 20 heavy (non-hydrogen) atoms. The number of hydrogen-bond donors (Lipinski definition) is 1. The molecular formula is C14H29Cl3O2Sn. The number of aliphatic carboxylic acids is 1. The summed E-state index contributed by atoms with van der Waals surface area (Å²) in [6.45, 7) is 7.01. The molecule has 0 radical (unpaired) electrons. The van der Waals surface area contributed by atoms with Crippen molar-refractivity contribution < 1.29 is 9.90 Å². The summed E-state index contributed by atoms with van der Waals surface area (Å²) in [5.74, 6) is -1.46. The van der Waals surface area contributed by atoms with Gasteiger partial charge in [-0.3, -0.25) is 0 Å². The van der Waals surface area contributed by atoms with Crippen LogP contribution in [-0.4, -0.2) is 34.6 Å². The predicted octanol–water partition coefficient (Wildman–Crippen LogP) is 6.06. The molecule has 0 rings (SSSR count). The second kappa shape index (κ2) is 15.1. The quantitative estimate of drug-likeness (QED) is 0.340. The molecule has 0 aliphatic rings. The number of carboxylic acid groups (broad SMARTS) is 1. The standard InChI is InChI=1S/3C4H9.C2HCl3O2.Sn.H/c3*1-3-4-2;3-2(4,5)1(6)7;;/h3*1,3-4H2,2H3;(H,6,7);;. The van der Waals surface area contributed by atoms with Gasteiger partial charge in [-0.1, -0.05) is 34.8 Å². The van der Waals surface area contributed by atoms with Crippen LogP contribution in [0.5, 0.6) is 0 Å². The van der Waals surface area contributed by atoms with Crippen LogP contribution in [0, 0.1) is 0 Å². The molecule has 0 fully saturated rings. The maximum Gasteiger partial charge on any atom is 0.356 e. The van der Waals surface area contributed by atoms with Crippen molar-refractivity contribution in [2.75, 3.05) is 0 Å². The minimum atomic E-state index is -2.17. The Morgan fingerprint density at radius 1 is 0.900 bits per heavy atom. The van der Waals surface area contributed by atoms with Gasteiger partial charge in [-0.2, -0.15) is 0 Å². The normalized spacial score (nSPS) is 11.2. The molecular weight excluding hydrogens is 425 g/mol. The minimum Gasteiger partial charge on any atom is -0.478 e. The second-order valence-electron chi connectivity index (χ2n) is 5.10. The summed E-state index contributed by atoms with van der Waals surface area (Å²) in [6.07, 6.45) is 8.87. The molecule has 0 saturated carbocycles. The number of unbranched alkanes of at least 4 members (excludes halogenated alkanes) is 3. The van der Waals surface area contributed by atoms with Crippen LogP contribution >= 0.6 is 34.8 Å². The Morgan fingerprint density at radius 3 is 1.30 bits per heavy atom. The summed E-state index contributed by atoms with van der Waals surface area (Å²) in [5, 5.41) is 7.85. The van der Waals surface area contributed by atoms with Gasteiger partial charge < -0.3 is 5.11 Å². The van der Waals surface area contributed by atoms with Gasteiger partial charge in [0.05, 0.1) is 0 Å². The van der Waals surface area contributed by atoms with E-state index in [4.69, 9.17) is 39.9 Å². The van der Waals surface area contributed by atoms with Gasteiger partial charge >= 0.3 is 98.3 Å². The Balaban J connectivity index is 0. The first-order valence-corrected chi connectivity index (χ1v) is 15.7. The van der Waals surface area contributed by atoms with Crippen molar-refractivity contribution in [3.63, 3.8) is 0 Å². The van der Waals surface area contributed by atoms with Gasteiger partial charge in [0, 0.05) is 0 Å². The third-order valence-electron chi connectivity index (χ3n) is 3.14. The fourth-order valence-corrected chi connectivity index (χ4v) is 12.8. The zero-order valence-corrected chi connectivity index (χ0v) is 18.5. The van der Waals surface area contributed by atoms with E-state index in [-0.39, 0.29) is 0 Å². The molecule has 2 nitrogen and oxygen atoms in total. The second-order valence-corrected chi connectivity index (χ2v) is 17.3. The fourth-order valence-electron chi connectivity index (χ4n) is 1.91. The van der Waals surface area contributed by atoms with E-state index >= 15 is 0 Å². The van der Waals surface area contributed by atoms with Crippen LogP contribution in [0.3, 0.4) is 0 Å². The molecule has 0 amide bonds. The monoisotopic (exact) mass is 454 g/mol. The smallest absolute Gasteiger partial charge is 0.356 e. The van der Waals surface area contributed by atoms with Crippen molar-refractivity contribution in [2.24, 2.45) is 0 Å². The van der Waals surface area contributed by atoms with Crippen molar-refractivity contribution in [1.29, 1.82) is 0 Å². The summed E-state index contributed by atoms with van der Waals surface area (Å²) in [7, 11) is 0. The van der Waals surface area contributed by atoms with Crippen molar-refractivity contribution in [3.05, 3.63) is 0 Å². The zero-order chi connectivity index (χ0) is 16.0. The minimum absolute atomic E-state index is 0.967. The molecule has 0 saturated heterocycles. The van der Waals surface area contributed by atoms with Crippen molar-refractivity contribution in [1.82, 2.24) is 0 Å². The Labute approximate surface area is 146 Å². The van der Waals surface area contributed by atoms with Gasteiger partial charge in [0.2, 0.25) is 0 Å². The molecule has 0 atom stereocenters. The molecule has 0 aromatic heterocycles. The molecule has 0 spiro atoms. The van der Waals surface area contributed by atoms with Crippen LogP contribution in [0.15, 0.2) is 0 Å². The molecule has 0 aromatic carbocycles. The molecule has 6 heteroatoms. The molecule has 0 bridgehead atoms. The molecule has 0 aliphatic carbocycles. The first kappa shape index (κ1) is 23.4. The summed E-state index contributed by atoms with van der Waals surface area (Å²) >= 11 is 13.4. The van der Waals surface area contributed by atoms with E-state index in [2.05, 4.69) is 20.8 Å². The van der Waals surface area contributed by atoms with Crippen molar-refractivity contribution in [3.8, 4) is 0 Å². The average molecular weight is 454 g/mol. The van der Waals surface area contributed by atoms with Crippen LogP contribution in [0.25, 0.3) is 0 Å². The number of halogens is 3. The van der Waals surface area contributed by atoms with E-state index in [0.29, 0.717) is 0 Å². The van der Waals surface area contributed by atoms with Crippen LogP contribution in [0.2, 0.25) is 13.3 Å². The SMILES string of the molecule is CCC[CH2][SnH]([CH2]CCC)[CH2]CCC.O=C(O)C(Cl)(Cl)Cl. The number of carboxylic acids is 1. The van der Waals surface area contributed by atoms with Crippen LogP contribution < -0.4 is 0 Å². The molecule has 0 aromatic rings. The van der Waals surface area contributed by atoms with Gasteiger partial charge in [0.15, 0.2) is 0 Å². The maximum atomic E-state index is 9.62. The predicted molar refractivity (Wildman–Crippen MR) is 94.2 cm³/mol. The van der Waals surface area contributed by atoms with E-state index in [0.717, 1.165) is 0 Å². The number of alkyl halides is 3. The average Bonchev–Trinajstić information content (AvgIpc) is 2.37. The summed E-state index contributed by atoms with van der Waals surface area (Å²) in [4.78, 5) is 9.62. The zero-order valence-electron chi connectivity index (χ0n) is 12.9. The third-order valence-corrected chi connectivity index (χ3v) is 14.1.